The Bertz CT molecular complexity index is 499. The maximum Gasteiger partial charge on any atom is 0.197 e. The Balaban J connectivity index is 1.70. The molecule has 2 aliphatic rings. The number of rotatable bonds is 5. The van der Waals surface area contributed by atoms with Crippen LogP contribution in [0.15, 0.2) is 24.3 Å². The monoisotopic (exact) mass is 343 g/mol. The quantitative estimate of drug-likeness (QED) is 0.833. The van der Waals surface area contributed by atoms with Crippen LogP contribution in [0.5, 0.6) is 0 Å². The van der Waals surface area contributed by atoms with Crippen molar-refractivity contribution in [2.75, 3.05) is 38.7 Å². The second-order valence-corrected chi connectivity index (χ2v) is 6.56. The van der Waals surface area contributed by atoms with Gasteiger partial charge in [0.05, 0.1) is 19.3 Å². The minimum absolute atomic E-state index is 0.222. The third-order valence-electron chi connectivity index (χ3n) is 4.74. The van der Waals surface area contributed by atoms with Crippen LogP contribution < -0.4 is 0 Å². The number of piperidine rings is 1. The van der Waals surface area contributed by atoms with Crippen molar-refractivity contribution < 1.29 is 19.0 Å². The van der Waals surface area contributed by atoms with E-state index in [9.17, 15) is 9.50 Å². The predicted octanol–water partition coefficient (Wildman–Crippen LogP) is 2.34. The first-order chi connectivity index (χ1) is 11.1. The van der Waals surface area contributed by atoms with E-state index in [1.165, 1.54) is 12.1 Å². The van der Waals surface area contributed by atoms with Crippen LogP contribution in [0.2, 0.25) is 0 Å². The van der Waals surface area contributed by atoms with Crippen molar-refractivity contribution in [3.8, 4) is 0 Å². The van der Waals surface area contributed by atoms with Crippen LogP contribution in [0.4, 0.5) is 4.39 Å². The SMILES string of the molecule is OC(CCl)CN1CCC(C2(c3ccc(F)cc3)OCCO2)CC1. The number of β-amino-alcohol motifs (C(OH)–C–C–N with tert-alkyl or cyclic N) is 1. The molecule has 2 fully saturated rings. The number of ether oxygens (including phenoxy) is 2. The summed E-state index contributed by atoms with van der Waals surface area (Å²) < 4.78 is 25.2. The highest BCUT2D eigenvalue weighted by molar-refractivity contribution is 6.18. The number of likely N-dealkylation sites (tertiary alicyclic amines) is 1. The van der Waals surface area contributed by atoms with Crippen molar-refractivity contribution in [1.29, 1.82) is 0 Å². The number of aliphatic hydroxyl groups is 1. The fourth-order valence-electron chi connectivity index (χ4n) is 3.59. The molecular weight excluding hydrogens is 321 g/mol. The lowest BCUT2D eigenvalue weighted by atomic mass is 9.84. The van der Waals surface area contributed by atoms with Gasteiger partial charge in [-0.1, -0.05) is 12.1 Å². The molecule has 2 saturated heterocycles. The van der Waals surface area contributed by atoms with Crippen molar-refractivity contribution in [1.82, 2.24) is 4.90 Å². The molecule has 0 saturated carbocycles. The number of nitrogens with zero attached hydrogens (tertiary/aromatic N) is 1. The topological polar surface area (TPSA) is 41.9 Å². The number of halogens is 2. The van der Waals surface area contributed by atoms with Crippen LogP contribution in [0, 0.1) is 11.7 Å². The van der Waals surface area contributed by atoms with Gasteiger partial charge in [-0.3, -0.25) is 0 Å². The molecule has 1 unspecified atom stereocenters. The van der Waals surface area contributed by atoms with Crippen molar-refractivity contribution >= 4 is 11.6 Å². The first-order valence-corrected chi connectivity index (χ1v) is 8.68. The molecular formula is C17H23ClFNO3. The Kier molecular flexibility index (Phi) is 5.54. The molecule has 0 aromatic heterocycles. The minimum Gasteiger partial charge on any atom is -0.391 e. The third kappa shape index (κ3) is 3.69. The highest BCUT2D eigenvalue weighted by Crippen LogP contribution is 2.43. The number of benzene rings is 1. The van der Waals surface area contributed by atoms with Crippen molar-refractivity contribution in [2.45, 2.75) is 24.7 Å². The first kappa shape index (κ1) is 17.1. The summed E-state index contributed by atoms with van der Waals surface area (Å²) >= 11 is 5.67. The standard InChI is InChI=1S/C17H23ClFNO3/c18-11-16(21)12-20-7-5-14(6-8-20)17(22-9-10-23-17)13-1-3-15(19)4-2-13/h1-4,14,16,21H,5-12H2. The van der Waals surface area contributed by atoms with E-state index in [2.05, 4.69) is 4.90 Å². The Morgan fingerprint density at radius 2 is 1.83 bits per heavy atom. The molecule has 23 heavy (non-hydrogen) atoms. The van der Waals surface area contributed by atoms with Crippen LogP contribution in [0.3, 0.4) is 0 Å². The van der Waals surface area contributed by atoms with Gasteiger partial charge in [-0.25, -0.2) is 4.39 Å². The Morgan fingerprint density at radius 1 is 1.22 bits per heavy atom. The van der Waals surface area contributed by atoms with E-state index < -0.39 is 11.9 Å². The normalized spacial score (nSPS) is 24.0. The average Bonchev–Trinajstić information content (AvgIpc) is 3.07. The van der Waals surface area contributed by atoms with Gasteiger partial charge in [0, 0.05) is 23.9 Å². The number of aliphatic hydroxyl groups excluding tert-OH is 1. The van der Waals surface area contributed by atoms with Crippen LogP contribution >= 0.6 is 11.6 Å². The molecule has 128 valence electrons. The van der Waals surface area contributed by atoms with E-state index >= 15 is 0 Å². The summed E-state index contributed by atoms with van der Waals surface area (Å²) in [7, 11) is 0. The molecule has 0 spiro atoms. The third-order valence-corrected chi connectivity index (χ3v) is 5.09. The molecule has 1 N–H and O–H groups in total. The van der Waals surface area contributed by atoms with Gasteiger partial charge in [0.1, 0.15) is 5.82 Å². The Labute approximate surface area is 141 Å². The summed E-state index contributed by atoms with van der Waals surface area (Å²) in [6, 6.07) is 6.41. The molecule has 3 rings (SSSR count). The fourth-order valence-corrected chi connectivity index (χ4v) is 3.69. The summed E-state index contributed by atoms with van der Waals surface area (Å²) in [6.45, 7) is 3.45. The predicted molar refractivity (Wildman–Crippen MR) is 85.9 cm³/mol. The van der Waals surface area contributed by atoms with Gasteiger partial charge < -0.3 is 19.5 Å². The van der Waals surface area contributed by atoms with Gasteiger partial charge in [0.15, 0.2) is 5.79 Å². The van der Waals surface area contributed by atoms with Crippen LogP contribution in [-0.4, -0.2) is 54.8 Å². The summed E-state index contributed by atoms with van der Waals surface area (Å²) in [5.74, 6) is -0.539. The Morgan fingerprint density at radius 3 is 2.39 bits per heavy atom. The first-order valence-electron chi connectivity index (χ1n) is 8.14. The maximum atomic E-state index is 13.2. The zero-order valence-electron chi connectivity index (χ0n) is 13.1. The largest absolute Gasteiger partial charge is 0.391 e. The van der Waals surface area contributed by atoms with E-state index in [-0.39, 0.29) is 17.6 Å². The molecule has 2 heterocycles. The second-order valence-electron chi connectivity index (χ2n) is 6.25. The number of hydrogen-bond donors (Lipinski definition) is 1. The molecule has 4 nitrogen and oxygen atoms in total. The van der Waals surface area contributed by atoms with Gasteiger partial charge in [-0.15, -0.1) is 11.6 Å². The number of hydrogen-bond acceptors (Lipinski definition) is 4. The van der Waals surface area contributed by atoms with Gasteiger partial charge in [-0.05, 0) is 38.1 Å². The summed E-state index contributed by atoms with van der Waals surface area (Å²) in [6.07, 6.45) is 1.33. The van der Waals surface area contributed by atoms with Crippen LogP contribution in [0.25, 0.3) is 0 Å². The highest BCUT2D eigenvalue weighted by Gasteiger charge is 2.46. The van der Waals surface area contributed by atoms with Gasteiger partial charge >= 0.3 is 0 Å². The molecule has 2 aliphatic heterocycles. The van der Waals surface area contributed by atoms with Gasteiger partial charge in [0.2, 0.25) is 0 Å². The molecule has 0 bridgehead atoms. The van der Waals surface area contributed by atoms with Gasteiger partial charge in [-0.2, -0.15) is 0 Å². The van der Waals surface area contributed by atoms with Crippen molar-refractivity contribution in [2.24, 2.45) is 5.92 Å². The van der Waals surface area contributed by atoms with E-state index in [0.717, 1.165) is 31.5 Å². The summed E-state index contributed by atoms with van der Waals surface area (Å²) in [4.78, 5) is 2.22. The second kappa shape index (κ2) is 7.45. The molecule has 0 aliphatic carbocycles. The molecule has 1 atom stereocenters. The molecule has 1 aromatic carbocycles. The molecule has 0 radical (unpaired) electrons. The fraction of sp³-hybridized carbons (Fsp3) is 0.647. The van der Waals surface area contributed by atoms with E-state index in [1.807, 2.05) is 0 Å². The van der Waals surface area contributed by atoms with Crippen molar-refractivity contribution in [3.63, 3.8) is 0 Å². The lowest BCUT2D eigenvalue weighted by molar-refractivity contribution is -0.214. The maximum absolute atomic E-state index is 13.2. The molecule has 0 amide bonds. The zero-order valence-corrected chi connectivity index (χ0v) is 13.8. The Hall–Kier alpha value is -0.720. The van der Waals surface area contributed by atoms with Gasteiger partial charge in [0.25, 0.3) is 0 Å². The van der Waals surface area contributed by atoms with Crippen LogP contribution in [-0.2, 0) is 15.3 Å². The lowest BCUT2D eigenvalue weighted by Gasteiger charge is -2.41. The zero-order chi connectivity index (χ0) is 16.3. The lowest BCUT2D eigenvalue weighted by Crippen LogP contribution is -2.46. The average molecular weight is 344 g/mol. The van der Waals surface area contributed by atoms with E-state index in [0.29, 0.717) is 19.8 Å². The van der Waals surface area contributed by atoms with Crippen molar-refractivity contribution in [3.05, 3.63) is 35.6 Å². The van der Waals surface area contributed by atoms with E-state index in [4.69, 9.17) is 21.1 Å². The highest BCUT2D eigenvalue weighted by atomic mass is 35.5. The number of alkyl halides is 1. The minimum atomic E-state index is -0.759. The molecule has 1 aromatic rings. The smallest absolute Gasteiger partial charge is 0.197 e. The van der Waals surface area contributed by atoms with E-state index in [1.54, 1.807) is 12.1 Å². The summed E-state index contributed by atoms with van der Waals surface area (Å²) in [5.41, 5.74) is 0.885. The van der Waals surface area contributed by atoms with Crippen LogP contribution in [0.1, 0.15) is 18.4 Å². The molecule has 6 heteroatoms. The summed E-state index contributed by atoms with van der Waals surface area (Å²) in [5, 5.41) is 9.68.